The first-order valence-corrected chi connectivity index (χ1v) is 3.75. The standard InChI is InChI=1S/2C2H6.HO3P/c2*1-2;1-4(2)3/h2*1-2H3;(H-,1,2,3)/p+1. The summed E-state index contributed by atoms with van der Waals surface area (Å²) in [4.78, 5) is 14.2. The molecule has 0 aromatic heterocycles. The fraction of sp³-hybridized carbons (Fsp3) is 1.00. The first kappa shape index (κ1) is 15.7. The Balaban J connectivity index is -0.0000000542. The third-order valence-electron chi connectivity index (χ3n) is 0. The van der Waals surface area contributed by atoms with Gasteiger partial charge in [0.25, 0.3) is 0 Å². The average Bonchev–Trinajstić information content (AvgIpc) is 1.75. The van der Waals surface area contributed by atoms with Gasteiger partial charge in [-0.2, -0.15) is 0 Å². The molecule has 0 saturated heterocycles. The first-order valence-electron chi connectivity index (χ1n) is 2.58. The van der Waals surface area contributed by atoms with Gasteiger partial charge in [0.2, 0.25) is 0 Å². The van der Waals surface area contributed by atoms with Crippen LogP contribution >= 0.6 is 8.25 Å². The molecule has 0 aliphatic rings. The Hall–Kier alpha value is 0.0200. The lowest BCUT2D eigenvalue weighted by Gasteiger charge is -1.34. The van der Waals surface area contributed by atoms with Gasteiger partial charge in [0.15, 0.2) is 0 Å². The van der Waals surface area contributed by atoms with Crippen LogP contribution in [0.3, 0.4) is 0 Å². The van der Waals surface area contributed by atoms with Crippen LogP contribution in [-0.4, -0.2) is 9.79 Å². The van der Waals surface area contributed by atoms with Crippen LogP contribution in [-0.2, 0) is 4.57 Å². The van der Waals surface area contributed by atoms with E-state index in [1.807, 2.05) is 27.7 Å². The lowest BCUT2D eigenvalue weighted by atomic mass is 11.0. The van der Waals surface area contributed by atoms with Gasteiger partial charge in [-0.1, -0.05) is 27.7 Å². The minimum absolute atomic E-state index is 2.00. The minimum Gasteiger partial charge on any atom is -0.134 e. The van der Waals surface area contributed by atoms with Crippen molar-refractivity contribution in [2.45, 2.75) is 27.7 Å². The van der Waals surface area contributed by atoms with Gasteiger partial charge in [0.05, 0.1) is 0 Å². The zero-order chi connectivity index (χ0) is 7.58. The molecule has 0 fully saturated rings. The molecule has 0 amide bonds. The van der Waals surface area contributed by atoms with E-state index >= 15 is 0 Å². The highest BCUT2D eigenvalue weighted by Crippen LogP contribution is 1.98. The molecule has 0 bridgehead atoms. The van der Waals surface area contributed by atoms with Gasteiger partial charge in [-0.05, 0) is 0 Å². The van der Waals surface area contributed by atoms with Crippen LogP contribution in [0, 0.1) is 0 Å². The summed E-state index contributed by atoms with van der Waals surface area (Å²) in [6, 6.07) is 0. The van der Waals surface area contributed by atoms with Crippen molar-refractivity contribution in [3.8, 4) is 0 Å². The normalized spacial score (nSPS) is 4.75. The molecule has 0 aliphatic carbocycles. The van der Waals surface area contributed by atoms with Crippen molar-refractivity contribution in [1.29, 1.82) is 0 Å². The Bertz CT molecular complexity index is 34.3. The molecule has 0 unspecified atom stereocenters. The molecule has 4 heteroatoms. The maximum absolute atomic E-state index is 8.70. The molecule has 0 aromatic rings. The maximum Gasteiger partial charge on any atom is 0.692 e. The third kappa shape index (κ3) is 379000. The molecular formula is C4H14O3P+. The molecule has 0 saturated carbocycles. The average molecular weight is 141 g/mol. The maximum atomic E-state index is 8.70. The molecule has 0 radical (unpaired) electrons. The lowest BCUT2D eigenvalue weighted by Crippen LogP contribution is -1.38. The van der Waals surface area contributed by atoms with E-state index in [0.717, 1.165) is 0 Å². The van der Waals surface area contributed by atoms with Gasteiger partial charge >= 0.3 is 8.25 Å². The van der Waals surface area contributed by atoms with Gasteiger partial charge in [-0.15, -0.1) is 9.79 Å². The molecule has 52 valence electrons. The topological polar surface area (TPSA) is 57.5 Å². The second-order valence-corrected chi connectivity index (χ2v) is 0.758. The van der Waals surface area contributed by atoms with E-state index in [0.29, 0.717) is 0 Å². The fourth-order valence-corrected chi connectivity index (χ4v) is 0. The summed E-state index contributed by atoms with van der Waals surface area (Å²) < 4.78 is 8.70. The highest BCUT2D eigenvalue weighted by Gasteiger charge is 1.93. The summed E-state index contributed by atoms with van der Waals surface area (Å²) in [6.07, 6.45) is 0. The number of hydrogen-bond donors (Lipinski definition) is 2. The van der Waals surface area contributed by atoms with Gasteiger partial charge in [-0.25, -0.2) is 0 Å². The molecule has 0 spiro atoms. The monoisotopic (exact) mass is 141 g/mol. The predicted octanol–water partition coefficient (Wildman–Crippen LogP) is 1.68. The largest absolute Gasteiger partial charge is 0.692 e. The van der Waals surface area contributed by atoms with E-state index < -0.39 is 8.25 Å². The van der Waals surface area contributed by atoms with Crippen LogP contribution in [0.2, 0.25) is 0 Å². The second kappa shape index (κ2) is 27.9. The second-order valence-electron chi connectivity index (χ2n) is 0.253. The summed E-state index contributed by atoms with van der Waals surface area (Å²) in [5.41, 5.74) is 0. The van der Waals surface area contributed by atoms with Crippen molar-refractivity contribution in [3.63, 3.8) is 0 Å². The van der Waals surface area contributed by atoms with Gasteiger partial charge in [0, 0.05) is 4.57 Å². The van der Waals surface area contributed by atoms with E-state index in [-0.39, 0.29) is 0 Å². The molecule has 0 atom stereocenters. The Kier molecular flexibility index (Phi) is 54.7. The van der Waals surface area contributed by atoms with Crippen molar-refractivity contribution in [2.24, 2.45) is 0 Å². The summed E-state index contributed by atoms with van der Waals surface area (Å²) >= 11 is 0. The van der Waals surface area contributed by atoms with E-state index in [9.17, 15) is 0 Å². The highest BCUT2D eigenvalue weighted by atomic mass is 31.1. The molecule has 2 N–H and O–H groups in total. The van der Waals surface area contributed by atoms with Crippen LogP contribution in [0.5, 0.6) is 0 Å². The van der Waals surface area contributed by atoms with Crippen molar-refractivity contribution in [2.75, 3.05) is 0 Å². The zero-order valence-electron chi connectivity index (χ0n) is 5.75. The molecular weight excluding hydrogens is 127 g/mol. The summed E-state index contributed by atoms with van der Waals surface area (Å²) in [5.74, 6) is 0. The van der Waals surface area contributed by atoms with Crippen LogP contribution in [0.4, 0.5) is 0 Å². The Morgan fingerprint density at radius 3 is 1.00 bits per heavy atom. The quantitative estimate of drug-likeness (QED) is 0.504. The van der Waals surface area contributed by atoms with Gasteiger partial charge in [0.1, 0.15) is 0 Å². The minimum atomic E-state index is -2.87. The van der Waals surface area contributed by atoms with Crippen LogP contribution in [0.25, 0.3) is 0 Å². The third-order valence-corrected chi connectivity index (χ3v) is 0. The highest BCUT2D eigenvalue weighted by molar-refractivity contribution is 7.30. The molecule has 0 aromatic carbocycles. The zero-order valence-corrected chi connectivity index (χ0v) is 6.64. The SMILES string of the molecule is CC.CC.O=[P+](O)O. The van der Waals surface area contributed by atoms with Gasteiger partial charge in [-0.3, -0.25) is 0 Å². The van der Waals surface area contributed by atoms with E-state index in [2.05, 4.69) is 0 Å². The van der Waals surface area contributed by atoms with Gasteiger partial charge < -0.3 is 0 Å². The van der Waals surface area contributed by atoms with E-state index in [4.69, 9.17) is 14.4 Å². The van der Waals surface area contributed by atoms with Crippen LogP contribution in [0.15, 0.2) is 0 Å². The predicted molar refractivity (Wildman–Crippen MR) is 34.7 cm³/mol. The van der Waals surface area contributed by atoms with Crippen molar-refractivity contribution in [1.82, 2.24) is 0 Å². The van der Waals surface area contributed by atoms with E-state index in [1.54, 1.807) is 0 Å². The molecule has 0 aliphatic heterocycles. The van der Waals surface area contributed by atoms with Crippen molar-refractivity contribution < 1.29 is 14.4 Å². The number of rotatable bonds is 0. The molecule has 8 heavy (non-hydrogen) atoms. The van der Waals surface area contributed by atoms with E-state index in [1.165, 1.54) is 0 Å². The molecule has 0 rings (SSSR count). The summed E-state index contributed by atoms with van der Waals surface area (Å²) in [5, 5.41) is 0. The van der Waals surface area contributed by atoms with Crippen molar-refractivity contribution in [3.05, 3.63) is 0 Å². The molecule has 3 nitrogen and oxygen atoms in total. The Morgan fingerprint density at radius 1 is 1.00 bits per heavy atom. The Labute approximate surface area is 51.3 Å². The summed E-state index contributed by atoms with van der Waals surface area (Å²) in [7, 11) is -2.87. The summed E-state index contributed by atoms with van der Waals surface area (Å²) in [6.45, 7) is 8.00. The van der Waals surface area contributed by atoms with Crippen LogP contribution in [0.1, 0.15) is 27.7 Å². The molecule has 0 heterocycles. The lowest BCUT2D eigenvalue weighted by molar-refractivity contribution is 0.405. The number of hydrogen-bond acceptors (Lipinski definition) is 1. The smallest absolute Gasteiger partial charge is 0.134 e. The fourth-order valence-electron chi connectivity index (χ4n) is 0. The van der Waals surface area contributed by atoms with Crippen LogP contribution < -0.4 is 0 Å². The van der Waals surface area contributed by atoms with Crippen molar-refractivity contribution >= 4 is 8.25 Å². The Morgan fingerprint density at radius 2 is 1.00 bits per heavy atom. The first-order chi connectivity index (χ1) is 3.73.